The summed E-state index contributed by atoms with van der Waals surface area (Å²) in [6.45, 7) is 5.83. The summed E-state index contributed by atoms with van der Waals surface area (Å²) in [6.07, 6.45) is 7.95. The number of likely N-dealkylation sites (N-methyl/N-ethyl adjacent to an activating group) is 1. The molecule has 33 heavy (non-hydrogen) atoms. The van der Waals surface area contributed by atoms with Crippen LogP contribution in [0.2, 0.25) is 0 Å². The van der Waals surface area contributed by atoms with E-state index in [1.54, 1.807) is 0 Å². The van der Waals surface area contributed by atoms with Gasteiger partial charge in [-0.2, -0.15) is 0 Å². The highest BCUT2D eigenvalue weighted by molar-refractivity contribution is 5.79. The van der Waals surface area contributed by atoms with E-state index in [-0.39, 0.29) is 43.0 Å². The van der Waals surface area contributed by atoms with Crippen molar-refractivity contribution < 1.29 is 9.90 Å². The van der Waals surface area contributed by atoms with Crippen LogP contribution in [0.3, 0.4) is 0 Å². The van der Waals surface area contributed by atoms with Crippen molar-refractivity contribution in [3.8, 4) is 0 Å². The molecule has 8 atom stereocenters. The molecule has 4 aliphatic rings. The Morgan fingerprint density at radius 1 is 1.12 bits per heavy atom. The zero-order chi connectivity index (χ0) is 23.2. The summed E-state index contributed by atoms with van der Waals surface area (Å²) in [5.41, 5.74) is 6.86. The summed E-state index contributed by atoms with van der Waals surface area (Å²) < 4.78 is 0. The Balaban J connectivity index is 1.21. The third-order valence-electron chi connectivity index (χ3n) is 8.23. The molecule has 0 bridgehead atoms. The van der Waals surface area contributed by atoms with E-state index in [4.69, 9.17) is 0 Å². The molecule has 3 saturated heterocycles. The van der Waals surface area contributed by atoms with Gasteiger partial charge >= 0.3 is 0 Å². The van der Waals surface area contributed by atoms with Crippen LogP contribution < -0.4 is 37.4 Å². The molecular formula is C23H46N8O2. The third kappa shape index (κ3) is 6.64. The maximum Gasteiger partial charge on any atom is 0.223 e. The van der Waals surface area contributed by atoms with E-state index in [1.807, 2.05) is 0 Å². The van der Waals surface area contributed by atoms with E-state index >= 15 is 0 Å². The summed E-state index contributed by atoms with van der Waals surface area (Å²) in [4.78, 5) is 15.4. The predicted molar refractivity (Wildman–Crippen MR) is 129 cm³/mol. The minimum absolute atomic E-state index is 0.0158. The van der Waals surface area contributed by atoms with Crippen LogP contribution in [0.1, 0.15) is 51.9 Å². The van der Waals surface area contributed by atoms with E-state index in [1.165, 1.54) is 12.8 Å². The molecule has 7 unspecified atom stereocenters. The Hall–Kier alpha value is -0.850. The van der Waals surface area contributed by atoms with Gasteiger partial charge in [0, 0.05) is 25.2 Å². The first kappa shape index (κ1) is 25.2. The summed E-state index contributed by atoms with van der Waals surface area (Å²) >= 11 is 0. The number of rotatable bonds is 8. The normalized spacial score (nSPS) is 39.3. The van der Waals surface area contributed by atoms with Crippen molar-refractivity contribution in [1.82, 2.24) is 42.3 Å². The number of hydrazine groups is 1. The average molecular weight is 467 g/mol. The number of carbonyl (C=O) groups is 1. The number of carbonyl (C=O) groups excluding carboxylic acids is 1. The van der Waals surface area contributed by atoms with Gasteiger partial charge in [0.1, 0.15) is 0 Å². The number of piperidine rings is 1. The first-order chi connectivity index (χ1) is 16.0. The maximum atomic E-state index is 13.0. The van der Waals surface area contributed by atoms with Crippen LogP contribution in [0.25, 0.3) is 0 Å². The third-order valence-corrected chi connectivity index (χ3v) is 8.23. The van der Waals surface area contributed by atoms with Gasteiger partial charge < -0.3 is 21.1 Å². The van der Waals surface area contributed by atoms with Gasteiger partial charge in [-0.3, -0.25) is 20.3 Å². The molecule has 3 aliphatic heterocycles. The Bertz CT molecular complexity index is 619. The molecule has 0 aromatic carbocycles. The number of amides is 1. The summed E-state index contributed by atoms with van der Waals surface area (Å²) in [6, 6.07) is 0.311. The number of aliphatic hydroxyl groups is 1. The second kappa shape index (κ2) is 12.2. The Kier molecular flexibility index (Phi) is 9.34. The smallest absolute Gasteiger partial charge is 0.223 e. The Morgan fingerprint density at radius 2 is 2.00 bits per heavy atom. The lowest BCUT2D eigenvalue weighted by Crippen LogP contribution is -2.58. The van der Waals surface area contributed by atoms with Crippen molar-refractivity contribution in [2.45, 2.75) is 82.5 Å². The van der Waals surface area contributed by atoms with Gasteiger partial charge in [0.25, 0.3) is 0 Å². The fourth-order valence-electron chi connectivity index (χ4n) is 6.10. The molecule has 8 N–H and O–H groups in total. The lowest BCUT2D eigenvalue weighted by Gasteiger charge is -2.36. The topological polar surface area (TPSA) is 125 Å². The van der Waals surface area contributed by atoms with Crippen LogP contribution in [0.4, 0.5) is 0 Å². The number of hydrogen-bond acceptors (Lipinski definition) is 9. The van der Waals surface area contributed by atoms with Gasteiger partial charge in [-0.15, -0.1) is 0 Å². The Labute approximate surface area is 198 Å². The average Bonchev–Trinajstić information content (AvgIpc) is 3.22. The zero-order valence-electron chi connectivity index (χ0n) is 20.4. The van der Waals surface area contributed by atoms with Crippen LogP contribution in [-0.4, -0.2) is 86.5 Å². The molecule has 0 spiro atoms. The highest BCUT2D eigenvalue weighted by Gasteiger charge is 2.36. The van der Waals surface area contributed by atoms with Crippen molar-refractivity contribution in [3.05, 3.63) is 0 Å². The fourth-order valence-corrected chi connectivity index (χ4v) is 6.10. The molecule has 4 rings (SSSR count). The highest BCUT2D eigenvalue weighted by Crippen LogP contribution is 2.31. The van der Waals surface area contributed by atoms with Crippen molar-refractivity contribution in [1.29, 1.82) is 0 Å². The molecule has 0 radical (unpaired) electrons. The van der Waals surface area contributed by atoms with Gasteiger partial charge in [-0.1, -0.05) is 19.8 Å². The van der Waals surface area contributed by atoms with E-state index < -0.39 is 0 Å². The SMILES string of the molecule is CC1CCCC([C@@H](CO)NC(=O)C2CCNC(NCC3NNC(C4CCNCN4)N3C)C2)C1. The molecule has 1 aliphatic carbocycles. The number of aliphatic hydroxyl groups excluding tert-OH is 1. The summed E-state index contributed by atoms with van der Waals surface area (Å²) in [5, 5.41) is 27.2. The van der Waals surface area contributed by atoms with Crippen molar-refractivity contribution in [2.24, 2.45) is 17.8 Å². The van der Waals surface area contributed by atoms with E-state index in [0.29, 0.717) is 17.9 Å². The molecule has 10 nitrogen and oxygen atoms in total. The number of hydrogen-bond donors (Lipinski definition) is 8. The minimum atomic E-state index is -0.107. The molecule has 1 saturated carbocycles. The van der Waals surface area contributed by atoms with Crippen LogP contribution in [0.5, 0.6) is 0 Å². The highest BCUT2D eigenvalue weighted by atomic mass is 16.3. The molecule has 4 fully saturated rings. The monoisotopic (exact) mass is 466 g/mol. The molecule has 10 heteroatoms. The standard InChI is InChI=1S/C23H46N8O2/c1-15-4-3-5-16(10-15)19(13-32)28-23(33)17-6-9-25-20(11-17)26-12-21-29-30-22(31(21)2)18-7-8-24-14-27-18/h15-22,24-27,29-30,32H,3-14H2,1-2H3,(H,28,33)/t15?,16?,17?,18?,19-,20?,21?,22?/m1/s1. The van der Waals surface area contributed by atoms with Gasteiger partial charge in [-0.25, -0.2) is 10.9 Å². The van der Waals surface area contributed by atoms with Crippen LogP contribution in [-0.2, 0) is 4.79 Å². The van der Waals surface area contributed by atoms with Crippen LogP contribution >= 0.6 is 0 Å². The van der Waals surface area contributed by atoms with E-state index in [2.05, 4.69) is 56.3 Å². The van der Waals surface area contributed by atoms with Gasteiger partial charge in [-0.05, 0) is 64.1 Å². The van der Waals surface area contributed by atoms with Gasteiger partial charge in [0.2, 0.25) is 5.91 Å². The van der Waals surface area contributed by atoms with E-state index in [9.17, 15) is 9.90 Å². The van der Waals surface area contributed by atoms with Crippen molar-refractivity contribution >= 4 is 5.91 Å². The molecule has 3 heterocycles. The van der Waals surface area contributed by atoms with Crippen molar-refractivity contribution in [3.63, 3.8) is 0 Å². The summed E-state index contributed by atoms with van der Waals surface area (Å²) in [5.74, 6) is 1.18. The number of nitrogens with zero attached hydrogens (tertiary/aromatic N) is 1. The lowest BCUT2D eigenvalue weighted by atomic mass is 9.78. The van der Waals surface area contributed by atoms with E-state index in [0.717, 1.165) is 58.4 Å². The second-order valence-corrected chi connectivity index (χ2v) is 10.7. The van der Waals surface area contributed by atoms with Crippen molar-refractivity contribution in [2.75, 3.05) is 40.0 Å². The largest absolute Gasteiger partial charge is 0.394 e. The molecule has 0 aromatic heterocycles. The maximum absolute atomic E-state index is 13.0. The molecule has 1 amide bonds. The lowest BCUT2D eigenvalue weighted by molar-refractivity contribution is -0.127. The second-order valence-electron chi connectivity index (χ2n) is 10.7. The quantitative estimate of drug-likeness (QED) is 0.223. The van der Waals surface area contributed by atoms with Gasteiger partial charge in [0.05, 0.1) is 31.1 Å². The van der Waals surface area contributed by atoms with Crippen LogP contribution in [0, 0.1) is 17.8 Å². The molecule has 0 aromatic rings. The molecular weight excluding hydrogens is 420 g/mol. The summed E-state index contributed by atoms with van der Waals surface area (Å²) in [7, 11) is 2.15. The minimum Gasteiger partial charge on any atom is -0.394 e. The predicted octanol–water partition coefficient (Wildman–Crippen LogP) is -1.19. The Morgan fingerprint density at radius 3 is 2.76 bits per heavy atom. The fraction of sp³-hybridized carbons (Fsp3) is 0.957. The first-order valence-electron chi connectivity index (χ1n) is 13.1. The van der Waals surface area contributed by atoms with Gasteiger partial charge in [0.15, 0.2) is 0 Å². The van der Waals surface area contributed by atoms with Crippen LogP contribution in [0.15, 0.2) is 0 Å². The first-order valence-corrected chi connectivity index (χ1v) is 13.1. The zero-order valence-corrected chi connectivity index (χ0v) is 20.4. The molecule has 190 valence electrons. The number of nitrogens with one attached hydrogen (secondary N) is 7.